The summed E-state index contributed by atoms with van der Waals surface area (Å²) in [5.41, 5.74) is 2.67. The largest absolute Gasteiger partial charge is 0.400 e. The summed E-state index contributed by atoms with van der Waals surface area (Å²) in [6.07, 6.45) is 2.40. The van der Waals surface area contributed by atoms with Gasteiger partial charge in [0.15, 0.2) is 6.29 Å². The smallest absolute Gasteiger partial charge is 0.168 e. The number of methoxy groups -OCH3 is 1. The van der Waals surface area contributed by atoms with Crippen LogP contribution in [-0.2, 0) is 4.74 Å². The molecule has 1 aliphatic rings. The monoisotopic (exact) mass is 444 g/mol. The first-order chi connectivity index (χ1) is 15.3. The maximum Gasteiger partial charge on any atom is 0.168 e. The highest BCUT2D eigenvalue weighted by Crippen LogP contribution is 2.35. The highest BCUT2D eigenvalue weighted by Gasteiger charge is 2.32. The van der Waals surface area contributed by atoms with E-state index in [0.717, 1.165) is 38.7 Å². The first-order valence-electron chi connectivity index (χ1n) is 10.6. The lowest BCUT2D eigenvalue weighted by atomic mass is 9.91. The van der Waals surface area contributed by atoms with Gasteiger partial charge in [0.05, 0.1) is 16.9 Å². The van der Waals surface area contributed by atoms with Gasteiger partial charge in [0.25, 0.3) is 0 Å². The number of hydrogen-bond acceptors (Lipinski definition) is 7. The Kier molecular flexibility index (Phi) is 8.86. The molecule has 1 fully saturated rings. The molecule has 0 aliphatic carbocycles. The van der Waals surface area contributed by atoms with Crippen LogP contribution < -0.4 is 10.2 Å². The molecule has 0 saturated carbocycles. The van der Waals surface area contributed by atoms with Crippen LogP contribution >= 0.6 is 0 Å². The third kappa shape index (κ3) is 5.89. The summed E-state index contributed by atoms with van der Waals surface area (Å²) in [7, 11) is 2.73. The summed E-state index contributed by atoms with van der Waals surface area (Å²) in [6, 6.07) is 7.69. The van der Waals surface area contributed by atoms with E-state index in [-0.39, 0.29) is 23.0 Å². The molecule has 0 amide bonds. The Labute approximate surface area is 189 Å². The summed E-state index contributed by atoms with van der Waals surface area (Å²) in [4.78, 5) is 18.3. The topological polar surface area (TPSA) is 98.5 Å². The number of pyridine rings is 1. The van der Waals surface area contributed by atoms with Gasteiger partial charge in [-0.15, -0.1) is 0 Å². The third-order valence-electron chi connectivity index (χ3n) is 5.75. The second-order valence-corrected chi connectivity index (χ2v) is 8.25. The van der Waals surface area contributed by atoms with E-state index in [1.165, 1.54) is 12.1 Å². The number of rotatable bonds is 7. The van der Waals surface area contributed by atoms with Crippen LogP contribution in [0.1, 0.15) is 49.7 Å². The number of piperidine rings is 1. The Morgan fingerprint density at radius 3 is 2.38 bits per heavy atom. The number of carbonyl (C=O) groups excluding carboxylic acids is 1. The fourth-order valence-electron chi connectivity index (χ4n) is 3.60. The summed E-state index contributed by atoms with van der Waals surface area (Å²) >= 11 is 0. The standard InChI is InChI=1S/C23H29FN4O2.CH4O/c1-15(2)21(25)20-19(28-11-9-23(3,30-4)10-12-28)13-18(14-29)27-22(20)26-17-7-5-16(24)6-8-17;1-2/h5-8,13-15,25H,9-12H2,1-4H3,(H,26,27);2H,1H3. The predicted octanol–water partition coefficient (Wildman–Crippen LogP) is 4.41. The van der Waals surface area contributed by atoms with E-state index in [1.54, 1.807) is 25.3 Å². The maximum atomic E-state index is 13.3. The van der Waals surface area contributed by atoms with Crippen LogP contribution in [0.2, 0.25) is 0 Å². The minimum atomic E-state index is -0.333. The number of hydrogen-bond donors (Lipinski definition) is 3. The normalized spacial score (nSPS) is 15.1. The van der Waals surface area contributed by atoms with Crippen molar-refractivity contribution in [2.45, 2.75) is 39.2 Å². The molecule has 1 aromatic carbocycles. The van der Waals surface area contributed by atoms with Gasteiger partial charge in [-0.2, -0.15) is 0 Å². The molecular formula is C24H33FN4O3. The van der Waals surface area contributed by atoms with Gasteiger partial charge < -0.3 is 25.5 Å². The molecule has 2 aromatic rings. The number of nitrogens with zero attached hydrogens (tertiary/aromatic N) is 2. The van der Waals surface area contributed by atoms with Crippen molar-refractivity contribution in [3.05, 3.63) is 47.4 Å². The van der Waals surface area contributed by atoms with E-state index >= 15 is 0 Å². The van der Waals surface area contributed by atoms with Crippen molar-refractivity contribution in [3.63, 3.8) is 0 Å². The van der Waals surface area contributed by atoms with E-state index < -0.39 is 0 Å². The summed E-state index contributed by atoms with van der Waals surface area (Å²) in [6.45, 7) is 7.52. The Balaban J connectivity index is 0.00000176. The number of ether oxygens (including phenoxy) is 1. The minimum Gasteiger partial charge on any atom is -0.400 e. The molecule has 8 heteroatoms. The van der Waals surface area contributed by atoms with Crippen molar-refractivity contribution in [2.24, 2.45) is 5.92 Å². The molecule has 1 saturated heterocycles. The van der Waals surface area contributed by atoms with Crippen molar-refractivity contribution in [2.75, 3.05) is 37.5 Å². The Morgan fingerprint density at radius 2 is 1.88 bits per heavy atom. The van der Waals surface area contributed by atoms with Crippen molar-refractivity contribution >= 4 is 29.2 Å². The number of carbonyl (C=O) groups is 1. The van der Waals surface area contributed by atoms with Crippen molar-refractivity contribution in [1.29, 1.82) is 5.41 Å². The number of aliphatic hydroxyl groups excluding tert-OH is 1. The highest BCUT2D eigenvalue weighted by molar-refractivity contribution is 6.09. The quantitative estimate of drug-likeness (QED) is 0.432. The van der Waals surface area contributed by atoms with Gasteiger partial charge >= 0.3 is 0 Å². The number of aromatic nitrogens is 1. The van der Waals surface area contributed by atoms with Gasteiger partial charge in [-0.05, 0) is 56.0 Å². The minimum absolute atomic E-state index is 0.0320. The molecule has 0 radical (unpaired) electrons. The van der Waals surface area contributed by atoms with Crippen molar-refractivity contribution in [3.8, 4) is 0 Å². The zero-order valence-electron chi connectivity index (χ0n) is 19.4. The van der Waals surface area contributed by atoms with E-state index in [0.29, 0.717) is 29.1 Å². The van der Waals surface area contributed by atoms with Gasteiger partial charge in [0.1, 0.15) is 17.3 Å². The molecule has 32 heavy (non-hydrogen) atoms. The van der Waals surface area contributed by atoms with E-state index in [9.17, 15) is 9.18 Å². The Bertz CT molecular complexity index is 924. The molecule has 174 valence electrons. The zero-order chi connectivity index (χ0) is 23.9. The predicted molar refractivity (Wildman–Crippen MR) is 126 cm³/mol. The lowest BCUT2D eigenvalue weighted by molar-refractivity contribution is -0.0132. The number of halogens is 1. The fourth-order valence-corrected chi connectivity index (χ4v) is 3.60. The number of aliphatic hydroxyl groups is 1. The van der Waals surface area contributed by atoms with Gasteiger partial charge in [0.2, 0.25) is 0 Å². The molecule has 0 bridgehead atoms. The van der Waals surface area contributed by atoms with Crippen LogP contribution in [0.5, 0.6) is 0 Å². The highest BCUT2D eigenvalue weighted by atomic mass is 19.1. The van der Waals surface area contributed by atoms with Crippen LogP contribution in [0.15, 0.2) is 30.3 Å². The van der Waals surface area contributed by atoms with Crippen LogP contribution in [0, 0.1) is 17.1 Å². The van der Waals surface area contributed by atoms with E-state index in [2.05, 4.69) is 22.1 Å². The first kappa shape index (κ1) is 25.4. The number of benzene rings is 1. The maximum absolute atomic E-state index is 13.3. The summed E-state index contributed by atoms with van der Waals surface area (Å²) < 4.78 is 19.0. The van der Waals surface area contributed by atoms with Gasteiger partial charge in [0, 0.05) is 38.7 Å². The lowest BCUT2D eigenvalue weighted by Gasteiger charge is -2.40. The second kappa shape index (κ2) is 11.2. The van der Waals surface area contributed by atoms with Crippen LogP contribution in [0.25, 0.3) is 0 Å². The summed E-state index contributed by atoms with van der Waals surface area (Å²) in [5, 5.41) is 18.9. The third-order valence-corrected chi connectivity index (χ3v) is 5.75. The lowest BCUT2D eigenvalue weighted by Crippen LogP contribution is -2.44. The molecular weight excluding hydrogens is 411 g/mol. The van der Waals surface area contributed by atoms with Crippen molar-refractivity contribution in [1.82, 2.24) is 4.98 Å². The first-order valence-corrected chi connectivity index (χ1v) is 10.6. The molecule has 3 rings (SSSR count). The van der Waals surface area contributed by atoms with E-state index in [4.69, 9.17) is 15.3 Å². The van der Waals surface area contributed by atoms with Crippen LogP contribution in [-0.4, -0.2) is 55.0 Å². The van der Waals surface area contributed by atoms with Crippen LogP contribution in [0.3, 0.4) is 0 Å². The average molecular weight is 445 g/mol. The average Bonchev–Trinajstić information content (AvgIpc) is 2.81. The number of anilines is 3. The van der Waals surface area contributed by atoms with Crippen molar-refractivity contribution < 1.29 is 19.0 Å². The Morgan fingerprint density at radius 1 is 1.28 bits per heavy atom. The molecule has 1 aliphatic heterocycles. The molecule has 7 nitrogen and oxygen atoms in total. The van der Waals surface area contributed by atoms with Crippen LogP contribution in [0.4, 0.5) is 21.6 Å². The molecule has 1 aromatic heterocycles. The van der Waals surface area contributed by atoms with Gasteiger partial charge in [-0.3, -0.25) is 4.79 Å². The molecule has 0 spiro atoms. The SMILES string of the molecule is CO.COC1(C)CCN(c2cc(C=O)nc(Nc3ccc(F)cc3)c2C(=N)C(C)C)CC1. The Hall–Kier alpha value is -2.84. The zero-order valence-corrected chi connectivity index (χ0v) is 19.4. The molecule has 0 unspecified atom stereocenters. The van der Waals surface area contributed by atoms with Gasteiger partial charge in [-0.1, -0.05) is 13.8 Å². The van der Waals surface area contributed by atoms with Gasteiger partial charge in [-0.25, -0.2) is 9.37 Å². The summed E-state index contributed by atoms with van der Waals surface area (Å²) in [5.74, 6) is 0.0657. The fraction of sp³-hybridized carbons (Fsp3) is 0.458. The molecule has 3 N–H and O–H groups in total. The number of aldehydes is 1. The van der Waals surface area contributed by atoms with E-state index in [1.807, 2.05) is 13.8 Å². The number of nitrogens with one attached hydrogen (secondary N) is 2. The molecule has 0 atom stereocenters. The second-order valence-electron chi connectivity index (χ2n) is 8.25. The molecule has 2 heterocycles.